The van der Waals surface area contributed by atoms with Gasteiger partial charge in [-0.25, -0.2) is 8.78 Å². The Hall–Kier alpha value is -2.96. The highest BCUT2D eigenvalue weighted by Crippen LogP contribution is 2.37. The van der Waals surface area contributed by atoms with Gasteiger partial charge in [0.1, 0.15) is 0 Å². The zero-order chi connectivity index (χ0) is 21.0. The van der Waals surface area contributed by atoms with Crippen LogP contribution in [0.5, 0.6) is 0 Å². The van der Waals surface area contributed by atoms with Crippen molar-refractivity contribution in [3.05, 3.63) is 59.3 Å². The fourth-order valence-corrected chi connectivity index (χ4v) is 3.54. The number of amides is 1. The van der Waals surface area contributed by atoms with Crippen LogP contribution in [-0.4, -0.2) is 29.1 Å². The van der Waals surface area contributed by atoms with Crippen LogP contribution < -0.4 is 5.32 Å². The monoisotopic (exact) mass is 402 g/mol. The number of hydrogen-bond donors (Lipinski definition) is 2. The Morgan fingerprint density at radius 1 is 1.31 bits per heavy atom. The minimum atomic E-state index is -2.14. The first-order chi connectivity index (χ1) is 13.8. The summed E-state index contributed by atoms with van der Waals surface area (Å²) in [7, 11) is 0. The van der Waals surface area contributed by atoms with Gasteiger partial charge >= 0.3 is 5.97 Å². The van der Waals surface area contributed by atoms with E-state index in [9.17, 15) is 18.4 Å². The van der Waals surface area contributed by atoms with Gasteiger partial charge in [0.25, 0.3) is 0 Å². The molecular weight excluding hydrogens is 378 g/mol. The number of esters is 1. The zero-order valence-corrected chi connectivity index (χ0v) is 16.5. The Morgan fingerprint density at radius 3 is 2.79 bits per heavy atom. The van der Waals surface area contributed by atoms with E-state index in [0.717, 1.165) is 42.8 Å². The molecule has 0 fully saturated rings. The van der Waals surface area contributed by atoms with E-state index in [-0.39, 0.29) is 18.9 Å². The van der Waals surface area contributed by atoms with Gasteiger partial charge in [-0.3, -0.25) is 9.59 Å². The molecule has 1 aliphatic carbocycles. The summed E-state index contributed by atoms with van der Waals surface area (Å²) in [4.78, 5) is 26.4. The van der Waals surface area contributed by atoms with Crippen LogP contribution in [-0.2, 0) is 20.7 Å². The van der Waals surface area contributed by atoms with Crippen LogP contribution in [0.4, 0.5) is 8.78 Å². The summed E-state index contributed by atoms with van der Waals surface area (Å²) >= 11 is 0. The van der Waals surface area contributed by atoms with Gasteiger partial charge in [0.2, 0.25) is 5.91 Å². The number of nitrogens with one attached hydrogen (secondary N) is 2. The number of halogens is 2. The lowest BCUT2D eigenvalue weighted by molar-refractivity contribution is -0.139. The first-order valence-corrected chi connectivity index (χ1v) is 9.55. The van der Waals surface area contributed by atoms with Crippen molar-refractivity contribution >= 4 is 22.8 Å². The number of aromatic amines is 1. The first-order valence-electron chi connectivity index (χ1n) is 9.55. The van der Waals surface area contributed by atoms with Crippen molar-refractivity contribution in [3.8, 4) is 0 Å². The van der Waals surface area contributed by atoms with Crippen molar-refractivity contribution in [2.75, 3.05) is 6.54 Å². The van der Waals surface area contributed by atoms with E-state index in [1.807, 2.05) is 30.5 Å². The molecule has 1 amide bonds. The van der Waals surface area contributed by atoms with Crippen LogP contribution in [0.2, 0.25) is 0 Å². The van der Waals surface area contributed by atoms with Crippen molar-refractivity contribution in [1.82, 2.24) is 10.3 Å². The van der Waals surface area contributed by atoms with Gasteiger partial charge in [-0.2, -0.15) is 0 Å². The van der Waals surface area contributed by atoms with Crippen LogP contribution in [0.25, 0.3) is 10.9 Å². The van der Waals surface area contributed by atoms with Crippen molar-refractivity contribution in [1.29, 1.82) is 0 Å². The fourth-order valence-electron chi connectivity index (χ4n) is 3.54. The van der Waals surface area contributed by atoms with E-state index >= 15 is 0 Å². The van der Waals surface area contributed by atoms with Crippen LogP contribution in [0, 0.1) is 0 Å². The summed E-state index contributed by atoms with van der Waals surface area (Å²) in [6, 6.07) is 7.98. The standard InChI is InChI=1S/C22H24F2N2O3/c1-14(27)29-21-18(23)10-15(11-22(21,2)24)12-26-20(28)9-5-6-16-13-25-19-8-4-3-7-17(16)19/h3-4,7-8,10,13,25H,5-6,9,11-12H2,1-2H3,(H,26,28). The number of H-pyrrole nitrogens is 1. The molecule has 1 heterocycles. The summed E-state index contributed by atoms with van der Waals surface area (Å²) in [5, 5.41) is 3.85. The molecule has 1 aromatic carbocycles. The second-order valence-electron chi connectivity index (χ2n) is 7.44. The maximum Gasteiger partial charge on any atom is 0.307 e. The van der Waals surface area contributed by atoms with Gasteiger partial charge < -0.3 is 15.0 Å². The first kappa shape index (κ1) is 20.8. The molecule has 0 bridgehead atoms. The Kier molecular flexibility index (Phi) is 6.15. The van der Waals surface area contributed by atoms with E-state index in [4.69, 9.17) is 0 Å². The lowest BCUT2D eigenvalue weighted by atomic mass is 9.90. The maximum atomic E-state index is 14.7. The minimum absolute atomic E-state index is 0.0478. The Balaban J connectivity index is 1.50. The van der Waals surface area contributed by atoms with Crippen LogP contribution in [0.3, 0.4) is 0 Å². The Morgan fingerprint density at radius 2 is 2.07 bits per heavy atom. The molecule has 0 aliphatic heterocycles. The largest absolute Gasteiger partial charge is 0.425 e. The molecule has 1 aliphatic rings. The minimum Gasteiger partial charge on any atom is -0.425 e. The van der Waals surface area contributed by atoms with Crippen molar-refractivity contribution < 1.29 is 23.1 Å². The van der Waals surface area contributed by atoms with Gasteiger partial charge in [0.15, 0.2) is 17.3 Å². The molecule has 0 saturated carbocycles. The third kappa shape index (κ3) is 5.10. The average molecular weight is 402 g/mol. The number of para-hydroxylation sites is 1. The molecule has 0 spiro atoms. The predicted molar refractivity (Wildman–Crippen MR) is 106 cm³/mol. The molecule has 0 saturated heterocycles. The van der Waals surface area contributed by atoms with E-state index in [1.165, 1.54) is 0 Å². The lowest BCUT2D eigenvalue weighted by Gasteiger charge is -2.27. The molecule has 5 nitrogen and oxygen atoms in total. The van der Waals surface area contributed by atoms with Crippen molar-refractivity contribution in [2.24, 2.45) is 0 Å². The van der Waals surface area contributed by atoms with Gasteiger partial charge in [-0.15, -0.1) is 0 Å². The Labute approximate surface area is 167 Å². The molecule has 1 aromatic heterocycles. The number of benzene rings is 1. The molecule has 2 N–H and O–H groups in total. The van der Waals surface area contributed by atoms with Crippen LogP contribution >= 0.6 is 0 Å². The van der Waals surface area contributed by atoms with Crippen LogP contribution in [0.1, 0.15) is 38.7 Å². The molecule has 1 unspecified atom stereocenters. The number of alkyl halides is 1. The van der Waals surface area contributed by atoms with Crippen molar-refractivity contribution in [3.63, 3.8) is 0 Å². The maximum absolute atomic E-state index is 14.7. The molecular formula is C22H24F2N2O3. The SMILES string of the molecule is CC(=O)OC1=C(F)C=C(CNC(=O)CCCc2c[nH]c3ccccc23)CC1(C)F. The predicted octanol–water partition coefficient (Wildman–Crippen LogP) is 4.41. The van der Waals surface area contributed by atoms with E-state index in [2.05, 4.69) is 15.0 Å². The molecule has 7 heteroatoms. The van der Waals surface area contributed by atoms with E-state index in [1.54, 1.807) is 0 Å². The van der Waals surface area contributed by atoms with E-state index < -0.39 is 23.2 Å². The molecule has 1 atom stereocenters. The molecule has 0 radical (unpaired) electrons. The number of rotatable bonds is 7. The number of aryl methyl sites for hydroxylation is 1. The molecule has 29 heavy (non-hydrogen) atoms. The zero-order valence-electron chi connectivity index (χ0n) is 16.5. The summed E-state index contributed by atoms with van der Waals surface area (Å²) in [5.74, 6) is -2.50. The third-order valence-corrected chi connectivity index (χ3v) is 4.86. The van der Waals surface area contributed by atoms with Crippen molar-refractivity contribution in [2.45, 2.75) is 45.2 Å². The highest BCUT2D eigenvalue weighted by atomic mass is 19.1. The number of carbonyl (C=O) groups is 2. The summed E-state index contributed by atoms with van der Waals surface area (Å²) in [6.07, 6.45) is 4.65. The lowest BCUT2D eigenvalue weighted by Crippen LogP contribution is -2.33. The summed E-state index contributed by atoms with van der Waals surface area (Å²) < 4.78 is 33.5. The average Bonchev–Trinajstić information content (AvgIpc) is 3.06. The highest BCUT2D eigenvalue weighted by Gasteiger charge is 2.38. The number of aromatic nitrogens is 1. The number of hydrogen-bond acceptors (Lipinski definition) is 3. The summed E-state index contributed by atoms with van der Waals surface area (Å²) in [6.45, 7) is 2.29. The van der Waals surface area contributed by atoms with Gasteiger partial charge in [0.05, 0.1) is 0 Å². The number of fused-ring (bicyclic) bond motifs is 1. The second kappa shape index (κ2) is 8.59. The summed E-state index contributed by atoms with van der Waals surface area (Å²) in [5.41, 5.74) is 0.476. The number of allylic oxidation sites excluding steroid dienone is 3. The topological polar surface area (TPSA) is 71.2 Å². The molecule has 154 valence electrons. The van der Waals surface area contributed by atoms with Gasteiger partial charge in [-0.1, -0.05) is 18.2 Å². The van der Waals surface area contributed by atoms with Gasteiger partial charge in [0, 0.05) is 43.4 Å². The molecule has 2 aromatic rings. The fraction of sp³-hybridized carbons (Fsp3) is 0.364. The van der Waals surface area contributed by atoms with Gasteiger partial charge in [-0.05, 0) is 43.0 Å². The highest BCUT2D eigenvalue weighted by molar-refractivity contribution is 5.83. The quantitative estimate of drug-likeness (QED) is 0.674. The smallest absolute Gasteiger partial charge is 0.307 e. The van der Waals surface area contributed by atoms with Crippen LogP contribution in [0.15, 0.2) is 53.7 Å². The normalized spacial score (nSPS) is 19.2. The Bertz CT molecular complexity index is 989. The number of carbonyl (C=O) groups excluding carboxylic acids is 2. The number of ether oxygens (including phenoxy) is 1. The molecule has 3 rings (SSSR count). The van der Waals surface area contributed by atoms with E-state index in [0.29, 0.717) is 18.4 Å². The third-order valence-electron chi connectivity index (χ3n) is 4.86. The second-order valence-corrected chi connectivity index (χ2v) is 7.44.